The fourth-order valence-corrected chi connectivity index (χ4v) is 1.98. The zero-order chi connectivity index (χ0) is 13.8. The van der Waals surface area contributed by atoms with E-state index in [1.165, 1.54) is 0 Å². The smallest absolute Gasteiger partial charge is 0.324 e. The Bertz CT molecular complexity index is 435. The molecule has 0 aliphatic carbocycles. The first kappa shape index (κ1) is 14.8. The molecule has 1 amide bonds. The Morgan fingerprint density at radius 2 is 2.11 bits per heavy atom. The molecule has 1 rings (SSSR count). The number of anilines is 1. The maximum absolute atomic E-state index is 12.2. The third kappa shape index (κ3) is 4.97. The van der Waals surface area contributed by atoms with E-state index in [9.17, 15) is 18.0 Å². The van der Waals surface area contributed by atoms with E-state index in [0.717, 1.165) is 5.56 Å². The van der Waals surface area contributed by atoms with Crippen molar-refractivity contribution in [3.63, 3.8) is 0 Å². The number of alkyl halides is 3. The third-order valence-electron chi connectivity index (χ3n) is 1.99. The zero-order valence-corrected chi connectivity index (χ0v) is 10.5. The van der Waals surface area contributed by atoms with Crippen LogP contribution in [0.2, 0.25) is 0 Å². The molecule has 3 N–H and O–H groups in total. The number of amides is 1. The molecule has 0 aliphatic rings. The van der Waals surface area contributed by atoms with Gasteiger partial charge in [-0.15, -0.1) is 11.8 Å². The van der Waals surface area contributed by atoms with E-state index in [1.54, 1.807) is 25.1 Å². The number of nitrogens with one attached hydrogen (secondary N) is 1. The van der Waals surface area contributed by atoms with Crippen molar-refractivity contribution in [3.05, 3.63) is 23.8 Å². The van der Waals surface area contributed by atoms with Crippen LogP contribution in [0, 0.1) is 6.92 Å². The van der Waals surface area contributed by atoms with Crippen molar-refractivity contribution >= 4 is 23.4 Å². The number of hydrogen-bond donors (Lipinski definition) is 2. The number of hydrogen-bond acceptors (Lipinski definition) is 3. The van der Waals surface area contributed by atoms with Gasteiger partial charge in [0, 0.05) is 4.90 Å². The summed E-state index contributed by atoms with van der Waals surface area (Å²) in [6.07, 6.45) is -4.25. The molecule has 1 aromatic rings. The molecule has 0 unspecified atom stereocenters. The Morgan fingerprint density at radius 3 is 2.67 bits per heavy atom. The number of halogens is 3. The van der Waals surface area contributed by atoms with Crippen LogP contribution >= 0.6 is 11.8 Å². The van der Waals surface area contributed by atoms with Gasteiger partial charge in [-0.1, -0.05) is 6.07 Å². The minimum absolute atomic E-state index is 0.211. The quantitative estimate of drug-likeness (QED) is 0.832. The normalized spacial score (nSPS) is 11.4. The van der Waals surface area contributed by atoms with Crippen molar-refractivity contribution in [2.45, 2.75) is 18.0 Å². The highest BCUT2D eigenvalue weighted by molar-refractivity contribution is 7.99. The van der Waals surface area contributed by atoms with Crippen molar-refractivity contribution in [1.82, 2.24) is 0 Å². The lowest BCUT2D eigenvalue weighted by atomic mass is 10.2. The molecule has 1 aromatic carbocycles. The van der Waals surface area contributed by atoms with Gasteiger partial charge in [-0.25, -0.2) is 0 Å². The van der Waals surface area contributed by atoms with Gasteiger partial charge in [-0.3, -0.25) is 4.79 Å². The Morgan fingerprint density at radius 1 is 1.44 bits per heavy atom. The number of carbonyl (C=O) groups is 1. The second kappa shape index (κ2) is 6.10. The molecule has 18 heavy (non-hydrogen) atoms. The van der Waals surface area contributed by atoms with Crippen molar-refractivity contribution < 1.29 is 18.0 Å². The third-order valence-corrected chi connectivity index (χ3v) is 3.12. The zero-order valence-electron chi connectivity index (χ0n) is 9.67. The van der Waals surface area contributed by atoms with E-state index in [0.29, 0.717) is 22.3 Å². The summed E-state index contributed by atoms with van der Waals surface area (Å²) in [6.45, 7) is 1.58. The van der Waals surface area contributed by atoms with E-state index in [1.807, 2.05) is 0 Å². The van der Waals surface area contributed by atoms with Crippen LogP contribution in [0.25, 0.3) is 0 Å². The van der Waals surface area contributed by atoms with Crippen LogP contribution in [0.4, 0.5) is 18.9 Å². The van der Waals surface area contributed by atoms with Gasteiger partial charge in [-0.05, 0) is 24.6 Å². The Hall–Kier alpha value is -1.21. The monoisotopic (exact) mass is 278 g/mol. The first-order valence-electron chi connectivity index (χ1n) is 5.12. The molecular formula is C11H13F3N2OS. The average Bonchev–Trinajstić information content (AvgIpc) is 2.26. The number of aryl methyl sites for hydroxylation is 1. The molecule has 0 aromatic heterocycles. The maximum atomic E-state index is 12.2. The average molecular weight is 278 g/mol. The summed E-state index contributed by atoms with van der Waals surface area (Å²) in [5, 5.41) is 2.49. The van der Waals surface area contributed by atoms with Gasteiger partial charge in [-0.2, -0.15) is 13.2 Å². The van der Waals surface area contributed by atoms with Gasteiger partial charge in [0.1, 0.15) is 0 Å². The number of thioether (sulfide) groups is 1. The Labute approximate surface area is 107 Å². The van der Waals surface area contributed by atoms with E-state index in [4.69, 9.17) is 5.73 Å². The highest BCUT2D eigenvalue weighted by Gasteiger charge is 2.27. The predicted molar refractivity (Wildman–Crippen MR) is 65.6 cm³/mol. The molecule has 0 fully saturated rings. The van der Waals surface area contributed by atoms with E-state index >= 15 is 0 Å². The molecule has 3 nitrogen and oxygen atoms in total. The molecule has 0 atom stereocenters. The fourth-order valence-electron chi connectivity index (χ4n) is 1.23. The summed E-state index contributed by atoms with van der Waals surface area (Å²) in [7, 11) is 0. The van der Waals surface area contributed by atoms with Crippen LogP contribution < -0.4 is 11.1 Å². The minimum Gasteiger partial charge on any atom is -0.324 e. The SMILES string of the molecule is Cc1ccc(SCC(F)(F)F)c(NC(=O)CN)c1. The highest BCUT2D eigenvalue weighted by Crippen LogP contribution is 2.32. The molecule has 100 valence electrons. The lowest BCUT2D eigenvalue weighted by molar-refractivity contribution is -0.115. The van der Waals surface area contributed by atoms with Crippen molar-refractivity contribution in [2.24, 2.45) is 5.73 Å². The molecule has 0 bridgehead atoms. The molecule has 0 saturated heterocycles. The standard InChI is InChI=1S/C11H13F3N2OS/c1-7-2-3-9(18-6-11(12,13)14)8(4-7)16-10(17)5-15/h2-4H,5-6,15H2,1H3,(H,16,17). The van der Waals surface area contributed by atoms with Gasteiger partial charge in [0.15, 0.2) is 0 Å². The van der Waals surface area contributed by atoms with Crippen LogP contribution in [-0.2, 0) is 4.79 Å². The van der Waals surface area contributed by atoms with Gasteiger partial charge < -0.3 is 11.1 Å². The number of nitrogens with two attached hydrogens (primary N) is 1. The second-order valence-corrected chi connectivity index (χ2v) is 4.67. The van der Waals surface area contributed by atoms with Gasteiger partial charge in [0.25, 0.3) is 0 Å². The Balaban J connectivity index is 2.86. The van der Waals surface area contributed by atoms with Crippen LogP contribution in [0.3, 0.4) is 0 Å². The van der Waals surface area contributed by atoms with Crippen LogP contribution in [-0.4, -0.2) is 24.4 Å². The number of benzene rings is 1. The number of rotatable bonds is 4. The Kier molecular flexibility index (Phi) is 5.03. The maximum Gasteiger partial charge on any atom is 0.398 e. The van der Waals surface area contributed by atoms with Gasteiger partial charge in [0.05, 0.1) is 18.0 Å². The van der Waals surface area contributed by atoms with Gasteiger partial charge in [0.2, 0.25) is 5.91 Å². The molecule has 0 saturated carbocycles. The minimum atomic E-state index is -4.25. The lowest BCUT2D eigenvalue weighted by Gasteiger charge is -2.12. The summed E-state index contributed by atoms with van der Waals surface area (Å²) >= 11 is 0.635. The molecular weight excluding hydrogens is 265 g/mol. The second-order valence-electron chi connectivity index (χ2n) is 3.66. The van der Waals surface area contributed by atoms with Crippen LogP contribution in [0.1, 0.15) is 5.56 Å². The molecule has 0 heterocycles. The van der Waals surface area contributed by atoms with Crippen molar-refractivity contribution in [3.8, 4) is 0 Å². The summed E-state index contributed by atoms with van der Waals surface area (Å²) in [6, 6.07) is 4.86. The van der Waals surface area contributed by atoms with E-state index in [2.05, 4.69) is 5.32 Å². The fraction of sp³-hybridized carbons (Fsp3) is 0.364. The van der Waals surface area contributed by atoms with Crippen LogP contribution in [0.5, 0.6) is 0 Å². The first-order valence-corrected chi connectivity index (χ1v) is 6.10. The van der Waals surface area contributed by atoms with E-state index < -0.39 is 17.8 Å². The molecule has 7 heteroatoms. The molecule has 0 spiro atoms. The van der Waals surface area contributed by atoms with Crippen molar-refractivity contribution in [1.29, 1.82) is 0 Å². The lowest BCUT2D eigenvalue weighted by Crippen LogP contribution is -2.22. The van der Waals surface area contributed by atoms with Crippen molar-refractivity contribution in [2.75, 3.05) is 17.6 Å². The highest BCUT2D eigenvalue weighted by atomic mass is 32.2. The topological polar surface area (TPSA) is 55.1 Å². The first-order chi connectivity index (χ1) is 8.31. The summed E-state index contributed by atoms with van der Waals surface area (Å²) in [5.41, 5.74) is 6.36. The van der Waals surface area contributed by atoms with E-state index in [-0.39, 0.29) is 6.54 Å². The van der Waals surface area contributed by atoms with Crippen LogP contribution in [0.15, 0.2) is 23.1 Å². The number of carbonyl (C=O) groups excluding carboxylic acids is 1. The molecule has 0 aliphatic heterocycles. The predicted octanol–water partition coefficient (Wildman–Crippen LogP) is 2.55. The molecule has 0 radical (unpaired) electrons. The summed E-state index contributed by atoms with van der Waals surface area (Å²) in [4.78, 5) is 11.6. The van der Waals surface area contributed by atoms with Gasteiger partial charge >= 0.3 is 6.18 Å². The summed E-state index contributed by atoms with van der Waals surface area (Å²) < 4.78 is 36.5. The largest absolute Gasteiger partial charge is 0.398 e. The summed E-state index contributed by atoms with van der Waals surface area (Å²) in [5.74, 6) is -1.43.